The lowest BCUT2D eigenvalue weighted by molar-refractivity contribution is -0.139. The van der Waals surface area contributed by atoms with E-state index >= 15 is 0 Å². The number of pyridine rings is 1. The average Bonchev–Trinajstić information content (AvgIpc) is 3.35. The Morgan fingerprint density at radius 1 is 1.26 bits per heavy atom. The Balaban J connectivity index is 1.52. The van der Waals surface area contributed by atoms with E-state index in [1.165, 1.54) is 11.1 Å². The highest BCUT2D eigenvalue weighted by Gasteiger charge is 2.40. The molecule has 0 spiro atoms. The van der Waals surface area contributed by atoms with E-state index < -0.39 is 18.0 Å². The average molecular weight is 447 g/mol. The maximum absolute atomic E-state index is 13.2. The van der Waals surface area contributed by atoms with Gasteiger partial charge in [0.05, 0.1) is 18.2 Å². The molecule has 3 saturated heterocycles. The van der Waals surface area contributed by atoms with Gasteiger partial charge in [-0.25, -0.2) is 0 Å². The topological polar surface area (TPSA) is 124 Å². The molecule has 0 unspecified atom stereocenters. The van der Waals surface area contributed by atoms with Gasteiger partial charge in [-0.1, -0.05) is 0 Å². The highest BCUT2D eigenvalue weighted by molar-refractivity contribution is 7.99. The van der Waals surface area contributed by atoms with Crippen molar-refractivity contribution in [3.63, 3.8) is 0 Å². The minimum absolute atomic E-state index is 0.0633. The molecule has 0 aliphatic carbocycles. The van der Waals surface area contributed by atoms with E-state index in [2.05, 4.69) is 20.9 Å². The summed E-state index contributed by atoms with van der Waals surface area (Å²) in [5, 5.41) is 8.69. The van der Waals surface area contributed by atoms with E-state index in [0.29, 0.717) is 30.8 Å². The minimum Gasteiger partial charge on any atom is -0.354 e. The van der Waals surface area contributed by atoms with Crippen LogP contribution in [0.2, 0.25) is 0 Å². The molecule has 166 valence electrons. The molecule has 10 nitrogen and oxygen atoms in total. The number of hydrogen-bond acceptors (Lipinski definition) is 7. The van der Waals surface area contributed by atoms with Crippen LogP contribution in [0.15, 0.2) is 24.5 Å². The number of piperazine rings is 1. The third kappa shape index (κ3) is 4.82. The summed E-state index contributed by atoms with van der Waals surface area (Å²) in [4.78, 5) is 58.4. The maximum atomic E-state index is 13.2. The maximum Gasteiger partial charge on any atom is 0.256 e. The second kappa shape index (κ2) is 9.65. The summed E-state index contributed by atoms with van der Waals surface area (Å²) in [6, 6.07) is 1.52. The molecule has 0 aromatic carbocycles. The summed E-state index contributed by atoms with van der Waals surface area (Å²) in [6.45, 7) is 1.26. The number of aromatic nitrogens is 1. The van der Waals surface area contributed by atoms with Crippen molar-refractivity contribution in [3.05, 3.63) is 30.1 Å². The molecular weight excluding hydrogens is 420 g/mol. The fraction of sp³-hybridized carbons (Fsp3) is 0.550. The third-order valence-corrected chi connectivity index (χ3v) is 6.72. The van der Waals surface area contributed by atoms with Gasteiger partial charge in [0.1, 0.15) is 12.1 Å². The summed E-state index contributed by atoms with van der Waals surface area (Å²) >= 11 is 1.65. The molecular formula is C20H26N6O4S. The molecule has 11 heteroatoms. The molecule has 4 heterocycles. The van der Waals surface area contributed by atoms with Crippen molar-refractivity contribution in [2.45, 2.75) is 31.0 Å². The Morgan fingerprint density at radius 2 is 2.13 bits per heavy atom. The fourth-order valence-electron chi connectivity index (χ4n) is 4.06. The Bertz CT molecular complexity index is 847. The standard InChI is InChI=1S/C20H26N6O4S/c27-17-14(4-2-6-22-17)24-18(28)16-10-25(20(30)15-11-31-12-23-15)7-8-26(16)19(29)13-3-1-5-21-9-13/h1,3,5,9,14-16,23H,2,4,6-8,10-12H2,(H,22,27)(H,24,28)/t14-,15-,16+/m0/s1. The number of amides is 4. The Kier molecular flexibility index (Phi) is 6.71. The number of carbonyl (C=O) groups excluding carboxylic acids is 4. The quantitative estimate of drug-likeness (QED) is 0.530. The van der Waals surface area contributed by atoms with Gasteiger partial charge in [-0.05, 0) is 25.0 Å². The highest BCUT2D eigenvalue weighted by atomic mass is 32.2. The van der Waals surface area contributed by atoms with Crippen molar-refractivity contribution in [2.24, 2.45) is 0 Å². The first-order valence-electron chi connectivity index (χ1n) is 10.4. The van der Waals surface area contributed by atoms with Crippen LogP contribution in [-0.4, -0.2) is 94.3 Å². The number of nitrogens with one attached hydrogen (secondary N) is 3. The van der Waals surface area contributed by atoms with Gasteiger partial charge in [0.25, 0.3) is 5.91 Å². The summed E-state index contributed by atoms with van der Waals surface area (Å²) < 4.78 is 0. The fourth-order valence-corrected chi connectivity index (χ4v) is 4.99. The van der Waals surface area contributed by atoms with E-state index in [-0.39, 0.29) is 36.9 Å². The van der Waals surface area contributed by atoms with Crippen LogP contribution in [0.1, 0.15) is 23.2 Å². The van der Waals surface area contributed by atoms with Gasteiger partial charge in [-0.2, -0.15) is 0 Å². The molecule has 1 aromatic heterocycles. The van der Waals surface area contributed by atoms with Crippen molar-refractivity contribution in [3.8, 4) is 0 Å². The normalized spacial score (nSPS) is 26.3. The Hall–Kier alpha value is -2.66. The van der Waals surface area contributed by atoms with Gasteiger partial charge in [0.2, 0.25) is 17.7 Å². The Morgan fingerprint density at radius 3 is 2.84 bits per heavy atom. The van der Waals surface area contributed by atoms with Crippen molar-refractivity contribution in [1.82, 2.24) is 30.7 Å². The molecule has 0 bridgehead atoms. The Labute approximate surface area is 184 Å². The third-order valence-electron chi connectivity index (χ3n) is 5.78. The van der Waals surface area contributed by atoms with Crippen LogP contribution >= 0.6 is 11.8 Å². The zero-order chi connectivity index (χ0) is 21.8. The van der Waals surface area contributed by atoms with E-state index in [1.54, 1.807) is 35.0 Å². The second-order valence-electron chi connectivity index (χ2n) is 7.81. The van der Waals surface area contributed by atoms with Crippen LogP contribution in [0.5, 0.6) is 0 Å². The van der Waals surface area contributed by atoms with Gasteiger partial charge >= 0.3 is 0 Å². The lowest BCUT2D eigenvalue weighted by Crippen LogP contribution is -2.64. The predicted octanol–water partition coefficient (Wildman–Crippen LogP) is -1.21. The minimum atomic E-state index is -0.880. The smallest absolute Gasteiger partial charge is 0.256 e. The number of piperidine rings is 1. The predicted molar refractivity (Wildman–Crippen MR) is 114 cm³/mol. The number of nitrogens with zero attached hydrogens (tertiary/aromatic N) is 3. The van der Waals surface area contributed by atoms with Gasteiger partial charge < -0.3 is 20.4 Å². The summed E-state index contributed by atoms with van der Waals surface area (Å²) in [5.74, 6) is 0.379. The molecule has 31 heavy (non-hydrogen) atoms. The number of rotatable bonds is 4. The second-order valence-corrected chi connectivity index (χ2v) is 8.84. The van der Waals surface area contributed by atoms with Crippen LogP contribution in [0.3, 0.4) is 0 Å². The monoisotopic (exact) mass is 446 g/mol. The number of hydrogen-bond donors (Lipinski definition) is 3. The van der Waals surface area contributed by atoms with Crippen molar-refractivity contribution >= 4 is 35.4 Å². The van der Waals surface area contributed by atoms with Crippen LogP contribution in [0, 0.1) is 0 Å². The molecule has 3 fully saturated rings. The van der Waals surface area contributed by atoms with Crippen molar-refractivity contribution in [2.75, 3.05) is 37.8 Å². The van der Waals surface area contributed by atoms with Crippen LogP contribution < -0.4 is 16.0 Å². The molecule has 3 N–H and O–H groups in total. The molecule has 4 amide bonds. The van der Waals surface area contributed by atoms with Gasteiger partial charge in [0, 0.05) is 43.7 Å². The van der Waals surface area contributed by atoms with E-state index in [0.717, 1.165) is 12.3 Å². The molecule has 1 aromatic rings. The first-order valence-corrected chi connectivity index (χ1v) is 11.6. The van der Waals surface area contributed by atoms with Gasteiger partial charge in [-0.15, -0.1) is 11.8 Å². The number of thioether (sulfide) groups is 1. The summed E-state index contributed by atoms with van der Waals surface area (Å²) in [6.07, 6.45) is 4.36. The lowest BCUT2D eigenvalue weighted by atomic mass is 10.0. The van der Waals surface area contributed by atoms with Crippen LogP contribution in [-0.2, 0) is 14.4 Å². The van der Waals surface area contributed by atoms with E-state index in [4.69, 9.17) is 0 Å². The summed E-state index contributed by atoms with van der Waals surface area (Å²) in [5.41, 5.74) is 0.379. The molecule has 4 rings (SSSR count). The zero-order valence-corrected chi connectivity index (χ0v) is 17.9. The zero-order valence-electron chi connectivity index (χ0n) is 17.1. The first kappa shape index (κ1) is 21.6. The highest BCUT2D eigenvalue weighted by Crippen LogP contribution is 2.18. The molecule has 3 aliphatic rings. The molecule has 3 atom stereocenters. The van der Waals surface area contributed by atoms with Crippen LogP contribution in [0.25, 0.3) is 0 Å². The molecule has 3 aliphatic heterocycles. The van der Waals surface area contributed by atoms with Gasteiger partial charge in [-0.3, -0.25) is 29.5 Å². The number of carbonyl (C=O) groups is 4. The largest absolute Gasteiger partial charge is 0.354 e. The van der Waals surface area contributed by atoms with E-state index in [9.17, 15) is 19.2 Å². The first-order chi connectivity index (χ1) is 15.0. The van der Waals surface area contributed by atoms with Gasteiger partial charge in [0.15, 0.2) is 0 Å². The SMILES string of the molecule is O=C1NCCC[C@@H]1NC(=O)[C@H]1CN(C(=O)[C@@H]2CSCN2)CCN1C(=O)c1cccnc1. The van der Waals surface area contributed by atoms with Crippen LogP contribution in [0.4, 0.5) is 0 Å². The van der Waals surface area contributed by atoms with E-state index in [1.807, 2.05) is 0 Å². The lowest BCUT2D eigenvalue weighted by Gasteiger charge is -2.41. The van der Waals surface area contributed by atoms with Crippen molar-refractivity contribution < 1.29 is 19.2 Å². The summed E-state index contributed by atoms with van der Waals surface area (Å²) in [7, 11) is 0. The molecule has 0 saturated carbocycles. The van der Waals surface area contributed by atoms with Crippen molar-refractivity contribution in [1.29, 1.82) is 0 Å². The molecule has 0 radical (unpaired) electrons.